The van der Waals surface area contributed by atoms with E-state index in [0.29, 0.717) is 10.2 Å². The van der Waals surface area contributed by atoms with E-state index in [0.717, 1.165) is 36.9 Å². The van der Waals surface area contributed by atoms with Crippen molar-refractivity contribution < 1.29 is 9.90 Å². The molecule has 2 aromatic rings. The van der Waals surface area contributed by atoms with Crippen molar-refractivity contribution in [3.8, 4) is 0 Å². The zero-order chi connectivity index (χ0) is 16.9. The summed E-state index contributed by atoms with van der Waals surface area (Å²) < 4.78 is 1.56. The van der Waals surface area contributed by atoms with Crippen LogP contribution in [0.1, 0.15) is 24.1 Å². The van der Waals surface area contributed by atoms with Crippen LogP contribution in [0.3, 0.4) is 0 Å². The van der Waals surface area contributed by atoms with Gasteiger partial charge in [0, 0.05) is 22.8 Å². The van der Waals surface area contributed by atoms with Crippen molar-refractivity contribution in [2.45, 2.75) is 37.3 Å². The largest absolute Gasteiger partial charge is 0.395 e. The number of nitrogens with one attached hydrogen (secondary N) is 1. The third-order valence-corrected chi connectivity index (χ3v) is 5.50. The molecule has 2 aromatic heterocycles. The van der Waals surface area contributed by atoms with E-state index in [9.17, 15) is 9.59 Å². The number of carbonyl (C=O) groups is 1. The van der Waals surface area contributed by atoms with Crippen molar-refractivity contribution in [3.63, 3.8) is 0 Å². The molecule has 0 fully saturated rings. The molecule has 1 amide bonds. The number of nitrogens with zero attached hydrogens (tertiary/aromatic N) is 3. The molecule has 3 rings (SSSR count). The molecular formula is C15H18N4O3S2. The van der Waals surface area contributed by atoms with Crippen LogP contribution in [0.15, 0.2) is 21.4 Å². The van der Waals surface area contributed by atoms with Gasteiger partial charge >= 0.3 is 5.69 Å². The number of amides is 1. The van der Waals surface area contributed by atoms with Gasteiger partial charge in [-0.15, -0.1) is 11.3 Å². The molecule has 0 atom stereocenters. The highest BCUT2D eigenvalue weighted by Crippen LogP contribution is 2.28. The zero-order valence-corrected chi connectivity index (χ0v) is 14.7. The molecule has 24 heavy (non-hydrogen) atoms. The highest BCUT2D eigenvalue weighted by Gasteiger charge is 2.21. The first-order chi connectivity index (χ1) is 11.7. The van der Waals surface area contributed by atoms with Gasteiger partial charge in [-0.3, -0.25) is 9.36 Å². The first-order valence-electron chi connectivity index (χ1n) is 7.74. The first kappa shape index (κ1) is 17.1. The van der Waals surface area contributed by atoms with Crippen LogP contribution in [0.2, 0.25) is 0 Å². The van der Waals surface area contributed by atoms with Crippen LogP contribution in [0.25, 0.3) is 0 Å². The summed E-state index contributed by atoms with van der Waals surface area (Å²) >= 11 is 2.64. The number of aromatic nitrogens is 3. The average Bonchev–Trinajstić information content (AvgIpc) is 3.09. The number of thioether (sulfide) groups is 1. The Labute approximate surface area is 147 Å². The molecule has 0 bridgehead atoms. The molecule has 2 N–H and O–H groups in total. The molecular weight excluding hydrogens is 348 g/mol. The Hall–Kier alpha value is -1.71. The van der Waals surface area contributed by atoms with Crippen molar-refractivity contribution >= 4 is 34.1 Å². The molecule has 9 heteroatoms. The second-order valence-electron chi connectivity index (χ2n) is 5.38. The maximum absolute atomic E-state index is 12.2. The molecule has 0 saturated carbocycles. The van der Waals surface area contributed by atoms with Gasteiger partial charge in [-0.2, -0.15) is 4.98 Å². The number of aliphatic hydroxyl groups is 1. The predicted octanol–water partition coefficient (Wildman–Crippen LogP) is 1.30. The topological polar surface area (TPSA) is 97.1 Å². The number of aliphatic hydroxyl groups excluding tert-OH is 1. The summed E-state index contributed by atoms with van der Waals surface area (Å²) in [4.78, 5) is 32.4. The van der Waals surface area contributed by atoms with E-state index in [1.807, 2.05) is 0 Å². The van der Waals surface area contributed by atoms with Gasteiger partial charge in [-0.25, -0.2) is 9.78 Å². The Morgan fingerprint density at radius 3 is 3.00 bits per heavy atom. The van der Waals surface area contributed by atoms with Gasteiger partial charge < -0.3 is 10.4 Å². The Morgan fingerprint density at radius 1 is 1.42 bits per heavy atom. The summed E-state index contributed by atoms with van der Waals surface area (Å²) in [5, 5.41) is 14.9. The fourth-order valence-corrected chi connectivity index (χ4v) is 4.19. The summed E-state index contributed by atoms with van der Waals surface area (Å²) in [5.41, 5.74) is 1.65. The minimum atomic E-state index is -0.354. The van der Waals surface area contributed by atoms with Crippen molar-refractivity contribution in [2.75, 3.05) is 17.7 Å². The molecule has 0 radical (unpaired) electrons. The van der Waals surface area contributed by atoms with Crippen LogP contribution in [0.4, 0.5) is 5.13 Å². The number of fused-ring (bicyclic) bond motifs is 1. The third kappa shape index (κ3) is 3.85. The molecule has 1 aliphatic carbocycles. The molecule has 7 nitrogen and oxygen atoms in total. The second-order valence-corrected chi connectivity index (χ2v) is 7.24. The number of thiazole rings is 1. The van der Waals surface area contributed by atoms with Crippen molar-refractivity contribution in [1.82, 2.24) is 14.5 Å². The van der Waals surface area contributed by atoms with Crippen LogP contribution in [0.5, 0.6) is 0 Å². The minimum absolute atomic E-state index is 0.0866. The third-order valence-electron chi connectivity index (χ3n) is 3.79. The summed E-state index contributed by atoms with van der Waals surface area (Å²) in [6, 6.07) is 0. The molecule has 0 saturated heterocycles. The summed E-state index contributed by atoms with van der Waals surface area (Å²) in [6.45, 7) is 0.181. The lowest BCUT2D eigenvalue weighted by Crippen LogP contribution is -2.31. The Morgan fingerprint density at radius 2 is 2.25 bits per heavy atom. The van der Waals surface area contributed by atoms with E-state index in [4.69, 9.17) is 5.11 Å². The lowest BCUT2D eigenvalue weighted by atomic mass is 9.97. The van der Waals surface area contributed by atoms with Gasteiger partial charge in [0.25, 0.3) is 0 Å². The number of carbonyl (C=O) groups excluding carboxylic acids is 1. The van der Waals surface area contributed by atoms with Gasteiger partial charge in [0.1, 0.15) is 5.03 Å². The van der Waals surface area contributed by atoms with E-state index < -0.39 is 0 Å². The molecule has 0 unspecified atom stereocenters. The molecule has 0 aromatic carbocycles. The zero-order valence-electron chi connectivity index (χ0n) is 13.0. The quantitative estimate of drug-likeness (QED) is 0.591. The second kappa shape index (κ2) is 7.91. The summed E-state index contributed by atoms with van der Waals surface area (Å²) in [5.74, 6) is 0.0171. The van der Waals surface area contributed by atoms with Crippen LogP contribution >= 0.6 is 23.1 Å². The lowest BCUT2D eigenvalue weighted by molar-refractivity contribution is -0.113. The fourth-order valence-electron chi connectivity index (χ4n) is 2.77. The van der Waals surface area contributed by atoms with Crippen molar-refractivity contribution in [2.24, 2.45) is 0 Å². The van der Waals surface area contributed by atoms with Crippen LogP contribution < -0.4 is 11.0 Å². The maximum Gasteiger partial charge on any atom is 0.348 e. The van der Waals surface area contributed by atoms with E-state index >= 15 is 0 Å². The molecule has 2 heterocycles. The number of rotatable bonds is 6. The van der Waals surface area contributed by atoms with Gasteiger partial charge in [0.15, 0.2) is 5.13 Å². The van der Waals surface area contributed by atoms with Gasteiger partial charge in [-0.1, -0.05) is 11.8 Å². The fraction of sp³-hybridized carbons (Fsp3) is 0.467. The predicted molar refractivity (Wildman–Crippen MR) is 93.7 cm³/mol. The maximum atomic E-state index is 12.2. The summed E-state index contributed by atoms with van der Waals surface area (Å²) in [7, 11) is 0. The first-order valence-corrected chi connectivity index (χ1v) is 9.61. The number of hydrogen-bond donors (Lipinski definition) is 2. The van der Waals surface area contributed by atoms with Gasteiger partial charge in [-0.05, 0) is 25.7 Å². The lowest BCUT2D eigenvalue weighted by Gasteiger charge is -2.22. The highest BCUT2D eigenvalue weighted by molar-refractivity contribution is 8.00. The van der Waals surface area contributed by atoms with Gasteiger partial charge in [0.2, 0.25) is 5.91 Å². The minimum Gasteiger partial charge on any atom is -0.395 e. The molecule has 0 spiro atoms. The standard InChI is InChI=1S/C15H18N4O3S2/c20-7-6-19-11-4-2-1-3-10(11)13(18-15(19)22)24-9-12(21)17-14-16-5-8-23-14/h5,8,20H,1-4,6-7,9H2,(H,16,17,21). The van der Waals surface area contributed by atoms with E-state index in [1.165, 1.54) is 23.1 Å². The van der Waals surface area contributed by atoms with Crippen molar-refractivity contribution in [3.05, 3.63) is 33.3 Å². The molecule has 128 valence electrons. The average molecular weight is 366 g/mol. The van der Waals surface area contributed by atoms with Crippen molar-refractivity contribution in [1.29, 1.82) is 0 Å². The van der Waals surface area contributed by atoms with Crippen LogP contribution in [-0.2, 0) is 24.2 Å². The van der Waals surface area contributed by atoms with Crippen LogP contribution in [0, 0.1) is 0 Å². The Balaban J connectivity index is 1.77. The Bertz CT molecular complexity index is 774. The van der Waals surface area contributed by atoms with E-state index in [-0.39, 0.29) is 30.5 Å². The number of hydrogen-bond acceptors (Lipinski definition) is 7. The molecule has 0 aliphatic heterocycles. The highest BCUT2D eigenvalue weighted by atomic mass is 32.2. The Kier molecular flexibility index (Phi) is 5.64. The normalized spacial score (nSPS) is 13.5. The summed E-state index contributed by atoms with van der Waals surface area (Å²) in [6.07, 6.45) is 5.37. The SMILES string of the molecule is O=C(CSc1nc(=O)n(CCO)c2c1CCCC2)Nc1nccs1. The smallest absolute Gasteiger partial charge is 0.348 e. The monoisotopic (exact) mass is 366 g/mol. The molecule has 1 aliphatic rings. The van der Waals surface area contributed by atoms with Gasteiger partial charge in [0.05, 0.1) is 18.9 Å². The number of anilines is 1. The van der Waals surface area contributed by atoms with Crippen LogP contribution in [-0.4, -0.2) is 37.9 Å². The van der Waals surface area contributed by atoms with E-state index in [2.05, 4.69) is 15.3 Å². The van der Waals surface area contributed by atoms with E-state index in [1.54, 1.807) is 16.1 Å².